The lowest BCUT2D eigenvalue weighted by molar-refractivity contribution is -0.131. The van der Waals surface area contributed by atoms with Crippen LogP contribution >= 0.6 is 0 Å². The summed E-state index contributed by atoms with van der Waals surface area (Å²) in [4.78, 5) is 35.6. The van der Waals surface area contributed by atoms with Crippen molar-refractivity contribution in [2.24, 2.45) is 11.7 Å². The minimum absolute atomic E-state index is 0.00157. The van der Waals surface area contributed by atoms with Crippen LogP contribution in [0.5, 0.6) is 0 Å². The van der Waals surface area contributed by atoms with Gasteiger partial charge in [-0.25, -0.2) is 0 Å². The van der Waals surface area contributed by atoms with E-state index in [0.29, 0.717) is 6.42 Å². The summed E-state index contributed by atoms with van der Waals surface area (Å²) in [7, 11) is 0. The molecule has 2 rings (SSSR count). The van der Waals surface area contributed by atoms with Gasteiger partial charge in [0.05, 0.1) is 0 Å². The van der Waals surface area contributed by atoms with Crippen molar-refractivity contribution < 1.29 is 14.4 Å². The molecule has 4 N–H and O–H groups in total. The standard InChI is InChI=1S/C18H25N3O3/c19-16(22)10-11-20-18(24)15(12-13-6-2-1-3-7-13)21-17(23)14-8-4-5-9-14/h1-3,6-7,14-15H,4-5,8-12H2,(H2,19,22)(H,20,24)(H,21,23)/t15-/m1/s1. The Morgan fingerprint density at radius 3 is 2.42 bits per heavy atom. The Bertz CT molecular complexity index is 568. The van der Waals surface area contributed by atoms with Gasteiger partial charge in [-0.15, -0.1) is 0 Å². The molecule has 1 aliphatic rings. The minimum atomic E-state index is -0.645. The summed E-state index contributed by atoms with van der Waals surface area (Å²) in [6.45, 7) is 0.179. The molecule has 1 aromatic carbocycles. The van der Waals surface area contributed by atoms with Gasteiger partial charge in [-0.3, -0.25) is 14.4 Å². The van der Waals surface area contributed by atoms with Crippen molar-refractivity contribution >= 4 is 17.7 Å². The van der Waals surface area contributed by atoms with E-state index in [2.05, 4.69) is 10.6 Å². The van der Waals surface area contributed by atoms with Crippen LogP contribution in [0.3, 0.4) is 0 Å². The highest BCUT2D eigenvalue weighted by Crippen LogP contribution is 2.24. The van der Waals surface area contributed by atoms with Crippen molar-refractivity contribution in [3.63, 3.8) is 0 Å². The second kappa shape index (κ2) is 9.05. The predicted octanol–water partition coefficient (Wildman–Crippen LogP) is 0.896. The highest BCUT2D eigenvalue weighted by molar-refractivity contribution is 5.89. The van der Waals surface area contributed by atoms with Gasteiger partial charge in [-0.1, -0.05) is 43.2 Å². The van der Waals surface area contributed by atoms with Crippen LogP contribution in [0, 0.1) is 5.92 Å². The fourth-order valence-electron chi connectivity index (χ4n) is 2.97. The Morgan fingerprint density at radius 1 is 1.12 bits per heavy atom. The molecule has 0 unspecified atom stereocenters. The van der Waals surface area contributed by atoms with Gasteiger partial charge in [-0.2, -0.15) is 0 Å². The molecule has 0 radical (unpaired) electrons. The predicted molar refractivity (Wildman–Crippen MR) is 90.9 cm³/mol. The lowest BCUT2D eigenvalue weighted by Crippen LogP contribution is -2.49. The van der Waals surface area contributed by atoms with Crippen LogP contribution in [0.2, 0.25) is 0 Å². The van der Waals surface area contributed by atoms with Crippen LogP contribution in [-0.4, -0.2) is 30.3 Å². The van der Waals surface area contributed by atoms with E-state index in [0.717, 1.165) is 31.2 Å². The maximum Gasteiger partial charge on any atom is 0.242 e. The number of primary amides is 1. The fraction of sp³-hybridized carbons (Fsp3) is 0.500. The lowest BCUT2D eigenvalue weighted by Gasteiger charge is -2.20. The van der Waals surface area contributed by atoms with Crippen LogP contribution in [0.4, 0.5) is 0 Å². The summed E-state index contributed by atoms with van der Waals surface area (Å²) in [5.41, 5.74) is 6.05. The molecule has 0 aromatic heterocycles. The van der Waals surface area contributed by atoms with Crippen molar-refractivity contribution in [1.29, 1.82) is 0 Å². The maximum atomic E-state index is 12.4. The van der Waals surface area contributed by atoms with Gasteiger partial charge in [0, 0.05) is 25.3 Å². The van der Waals surface area contributed by atoms with E-state index in [9.17, 15) is 14.4 Å². The number of nitrogens with two attached hydrogens (primary N) is 1. The normalized spacial score (nSPS) is 15.7. The highest BCUT2D eigenvalue weighted by Gasteiger charge is 2.27. The topological polar surface area (TPSA) is 101 Å². The first-order valence-electron chi connectivity index (χ1n) is 8.46. The quantitative estimate of drug-likeness (QED) is 0.659. The Kier molecular flexibility index (Phi) is 6.78. The van der Waals surface area contributed by atoms with E-state index in [1.807, 2.05) is 30.3 Å². The fourth-order valence-corrected chi connectivity index (χ4v) is 2.97. The van der Waals surface area contributed by atoms with E-state index in [-0.39, 0.29) is 30.7 Å². The number of benzene rings is 1. The number of nitrogens with one attached hydrogen (secondary N) is 2. The first-order chi connectivity index (χ1) is 11.6. The molecule has 6 heteroatoms. The zero-order valence-corrected chi connectivity index (χ0v) is 13.8. The lowest BCUT2D eigenvalue weighted by atomic mass is 10.0. The number of hydrogen-bond donors (Lipinski definition) is 3. The summed E-state index contributed by atoms with van der Waals surface area (Å²) in [6.07, 6.45) is 4.39. The van der Waals surface area contributed by atoms with Gasteiger partial charge in [0.15, 0.2) is 0 Å². The molecule has 0 heterocycles. The van der Waals surface area contributed by atoms with Gasteiger partial charge < -0.3 is 16.4 Å². The molecule has 6 nitrogen and oxygen atoms in total. The average Bonchev–Trinajstić information content (AvgIpc) is 3.09. The molecular weight excluding hydrogens is 306 g/mol. The molecular formula is C18H25N3O3. The molecule has 1 atom stereocenters. The molecule has 1 aromatic rings. The first kappa shape index (κ1) is 18.0. The third-order valence-corrected chi connectivity index (χ3v) is 4.31. The van der Waals surface area contributed by atoms with Crippen LogP contribution in [0.1, 0.15) is 37.7 Å². The van der Waals surface area contributed by atoms with Crippen molar-refractivity contribution in [1.82, 2.24) is 10.6 Å². The number of carbonyl (C=O) groups is 3. The van der Waals surface area contributed by atoms with Gasteiger partial charge in [0.1, 0.15) is 6.04 Å². The summed E-state index contributed by atoms with van der Waals surface area (Å²) in [5, 5.41) is 5.55. The first-order valence-corrected chi connectivity index (χ1v) is 8.46. The smallest absolute Gasteiger partial charge is 0.242 e. The molecule has 130 valence electrons. The highest BCUT2D eigenvalue weighted by atomic mass is 16.2. The maximum absolute atomic E-state index is 12.4. The van der Waals surface area contributed by atoms with Crippen molar-refractivity contribution in [2.45, 2.75) is 44.6 Å². The van der Waals surface area contributed by atoms with Crippen LogP contribution < -0.4 is 16.4 Å². The number of hydrogen-bond acceptors (Lipinski definition) is 3. The second-order valence-corrected chi connectivity index (χ2v) is 6.24. The van der Waals surface area contributed by atoms with Crippen molar-refractivity contribution in [3.8, 4) is 0 Å². The zero-order valence-electron chi connectivity index (χ0n) is 13.8. The molecule has 0 spiro atoms. The molecule has 1 saturated carbocycles. The molecule has 1 fully saturated rings. The zero-order chi connectivity index (χ0) is 17.4. The molecule has 0 aliphatic heterocycles. The Labute approximate surface area is 142 Å². The van der Waals surface area contributed by atoms with E-state index in [1.54, 1.807) is 0 Å². The van der Waals surface area contributed by atoms with E-state index < -0.39 is 11.9 Å². The van der Waals surface area contributed by atoms with Crippen molar-refractivity contribution in [3.05, 3.63) is 35.9 Å². The largest absolute Gasteiger partial charge is 0.370 e. The van der Waals surface area contributed by atoms with Crippen LogP contribution in [0.25, 0.3) is 0 Å². The summed E-state index contributed by atoms with van der Waals surface area (Å²) < 4.78 is 0. The Hall–Kier alpha value is -2.37. The summed E-state index contributed by atoms with van der Waals surface area (Å²) in [6, 6.07) is 8.90. The molecule has 3 amide bonds. The molecule has 0 bridgehead atoms. The van der Waals surface area contributed by atoms with E-state index in [4.69, 9.17) is 5.73 Å². The van der Waals surface area contributed by atoms with E-state index >= 15 is 0 Å². The Morgan fingerprint density at radius 2 is 1.79 bits per heavy atom. The number of carbonyl (C=O) groups excluding carboxylic acids is 3. The van der Waals surface area contributed by atoms with Crippen LogP contribution in [0.15, 0.2) is 30.3 Å². The SMILES string of the molecule is NC(=O)CCNC(=O)[C@@H](Cc1ccccc1)NC(=O)C1CCCC1. The number of amides is 3. The molecule has 1 aliphatic carbocycles. The van der Waals surface area contributed by atoms with Gasteiger partial charge >= 0.3 is 0 Å². The van der Waals surface area contributed by atoms with Gasteiger partial charge in [0.25, 0.3) is 0 Å². The summed E-state index contributed by atoms with van der Waals surface area (Å²) >= 11 is 0. The molecule has 24 heavy (non-hydrogen) atoms. The average molecular weight is 331 g/mol. The monoisotopic (exact) mass is 331 g/mol. The van der Waals surface area contributed by atoms with E-state index in [1.165, 1.54) is 0 Å². The second-order valence-electron chi connectivity index (χ2n) is 6.24. The minimum Gasteiger partial charge on any atom is -0.370 e. The number of rotatable bonds is 8. The van der Waals surface area contributed by atoms with Crippen molar-refractivity contribution in [2.75, 3.05) is 6.54 Å². The van der Waals surface area contributed by atoms with Gasteiger partial charge in [0.2, 0.25) is 17.7 Å². The molecule has 0 saturated heterocycles. The van der Waals surface area contributed by atoms with Crippen LogP contribution in [-0.2, 0) is 20.8 Å². The Balaban J connectivity index is 1.98. The van der Waals surface area contributed by atoms with Gasteiger partial charge in [-0.05, 0) is 18.4 Å². The third-order valence-electron chi connectivity index (χ3n) is 4.31. The summed E-state index contributed by atoms with van der Waals surface area (Å²) in [5.74, 6) is -0.809. The third kappa shape index (κ3) is 5.68.